The number of hydrogen-bond acceptors (Lipinski definition) is 4. The van der Waals surface area contributed by atoms with E-state index in [1.165, 1.54) is 11.3 Å². The first-order chi connectivity index (χ1) is 11.7. The molecule has 0 N–H and O–H groups in total. The summed E-state index contributed by atoms with van der Waals surface area (Å²) >= 11 is 0. The minimum Gasteiger partial charge on any atom is -0.454 e. The van der Waals surface area contributed by atoms with Crippen LogP contribution in [-0.4, -0.2) is 34.6 Å². The second kappa shape index (κ2) is 7.26. The van der Waals surface area contributed by atoms with E-state index in [-0.39, 0.29) is 0 Å². The highest BCUT2D eigenvalue weighted by Gasteiger charge is 2.22. The van der Waals surface area contributed by atoms with Crippen LogP contribution in [0.5, 0.6) is 11.5 Å². The smallest absolute Gasteiger partial charge is 0.231 e. The van der Waals surface area contributed by atoms with E-state index in [4.69, 9.17) is 9.47 Å². The minimum atomic E-state index is 0.331. The van der Waals surface area contributed by atoms with Crippen molar-refractivity contribution in [2.75, 3.05) is 19.9 Å². The average molecular weight is 329 g/mol. The van der Waals surface area contributed by atoms with Gasteiger partial charge in [-0.3, -0.25) is 9.58 Å². The van der Waals surface area contributed by atoms with E-state index >= 15 is 0 Å². The first kappa shape index (κ1) is 16.8. The summed E-state index contributed by atoms with van der Waals surface area (Å²) in [5, 5.41) is 4.58. The lowest BCUT2D eigenvalue weighted by Crippen LogP contribution is -2.30. The fourth-order valence-electron chi connectivity index (χ4n) is 3.36. The normalized spacial score (nSPS) is 17.5. The second-order valence-electron chi connectivity index (χ2n) is 6.07. The molecule has 0 saturated carbocycles. The first-order valence-electron chi connectivity index (χ1n) is 8.87. The molecule has 0 radical (unpaired) electrons. The number of ether oxygens (including phenoxy) is 2. The molecule has 5 nitrogen and oxygen atoms in total. The van der Waals surface area contributed by atoms with Crippen LogP contribution in [0.15, 0.2) is 24.3 Å². The van der Waals surface area contributed by atoms with Gasteiger partial charge < -0.3 is 9.47 Å². The molecule has 130 valence electrons. The number of fused-ring (bicyclic) bond motifs is 2. The van der Waals surface area contributed by atoms with Crippen molar-refractivity contribution < 1.29 is 9.47 Å². The Morgan fingerprint density at radius 2 is 1.83 bits per heavy atom. The lowest BCUT2D eigenvalue weighted by molar-refractivity contribution is 0.173. The largest absolute Gasteiger partial charge is 0.454 e. The highest BCUT2D eigenvalue weighted by Crippen LogP contribution is 2.35. The molecule has 2 aliphatic heterocycles. The summed E-state index contributed by atoms with van der Waals surface area (Å²) in [4.78, 5) is 2.52. The number of aryl methyl sites for hydroxylation is 1. The summed E-state index contributed by atoms with van der Waals surface area (Å²) in [6.07, 6.45) is 1.05. The quantitative estimate of drug-likeness (QED) is 0.844. The highest BCUT2D eigenvalue weighted by atomic mass is 16.7. The second-order valence-corrected chi connectivity index (χ2v) is 6.07. The molecule has 2 aliphatic rings. The van der Waals surface area contributed by atoms with E-state index in [0.717, 1.165) is 43.2 Å². The molecule has 4 rings (SSSR count). The lowest BCUT2D eigenvalue weighted by Gasteiger charge is -2.27. The molecule has 2 aromatic rings. The number of benzene rings is 1. The monoisotopic (exact) mass is 329 g/mol. The van der Waals surface area contributed by atoms with Gasteiger partial charge in [-0.2, -0.15) is 5.10 Å². The summed E-state index contributed by atoms with van der Waals surface area (Å²) in [5.74, 6) is 1.71. The number of hydrogen-bond donors (Lipinski definition) is 0. The molecule has 0 saturated heterocycles. The van der Waals surface area contributed by atoms with Crippen molar-refractivity contribution in [1.82, 2.24) is 14.7 Å². The van der Waals surface area contributed by atoms with Crippen molar-refractivity contribution >= 4 is 0 Å². The molecule has 1 aromatic heterocycles. The molecule has 0 spiro atoms. The molecule has 0 aliphatic carbocycles. The molecule has 0 fully saturated rings. The van der Waals surface area contributed by atoms with Gasteiger partial charge in [-0.05, 0) is 37.6 Å². The summed E-state index contributed by atoms with van der Waals surface area (Å²) in [6, 6.07) is 8.83. The van der Waals surface area contributed by atoms with E-state index < -0.39 is 0 Å². The van der Waals surface area contributed by atoms with Crippen LogP contribution < -0.4 is 9.47 Å². The van der Waals surface area contributed by atoms with Gasteiger partial charge in [0.1, 0.15) is 0 Å². The van der Waals surface area contributed by atoms with Crippen LogP contribution in [0.3, 0.4) is 0 Å². The van der Waals surface area contributed by atoms with Crippen LogP contribution in [-0.2, 0) is 13.0 Å². The van der Waals surface area contributed by atoms with Gasteiger partial charge in [0, 0.05) is 31.2 Å². The third kappa shape index (κ3) is 3.26. The maximum atomic E-state index is 5.50. The van der Waals surface area contributed by atoms with E-state index in [1.54, 1.807) is 0 Å². The van der Waals surface area contributed by atoms with Crippen molar-refractivity contribution in [2.45, 2.75) is 46.7 Å². The van der Waals surface area contributed by atoms with Gasteiger partial charge in [-0.25, -0.2) is 0 Å². The van der Waals surface area contributed by atoms with Crippen molar-refractivity contribution in [3.8, 4) is 11.5 Å². The van der Waals surface area contributed by atoms with Gasteiger partial charge in [0.05, 0.1) is 12.2 Å². The topological polar surface area (TPSA) is 39.5 Å². The minimum absolute atomic E-state index is 0.331. The van der Waals surface area contributed by atoms with Gasteiger partial charge in [0.25, 0.3) is 0 Å². The maximum absolute atomic E-state index is 5.50. The molecule has 1 aromatic carbocycles. The molecule has 1 atom stereocenters. The van der Waals surface area contributed by atoms with Crippen molar-refractivity contribution in [1.29, 1.82) is 0 Å². The van der Waals surface area contributed by atoms with Crippen LogP contribution in [0.1, 0.15) is 43.8 Å². The van der Waals surface area contributed by atoms with Crippen molar-refractivity contribution in [3.63, 3.8) is 0 Å². The Balaban J connectivity index is 0.000000815. The zero-order valence-corrected chi connectivity index (χ0v) is 15.1. The zero-order valence-electron chi connectivity index (χ0n) is 15.1. The van der Waals surface area contributed by atoms with Crippen LogP contribution >= 0.6 is 0 Å². The SMILES string of the molecule is CC.Cc1cc2n(n1)CCN(C(C)c1ccc3c(c1)OCO3)CC2. The summed E-state index contributed by atoms with van der Waals surface area (Å²) in [7, 11) is 0. The Bertz CT molecular complexity index is 670. The predicted octanol–water partition coefficient (Wildman–Crippen LogP) is 3.57. The maximum Gasteiger partial charge on any atom is 0.231 e. The third-order valence-electron chi connectivity index (χ3n) is 4.67. The fraction of sp³-hybridized carbons (Fsp3) is 0.526. The summed E-state index contributed by atoms with van der Waals surface area (Å²) in [5.41, 5.74) is 3.74. The first-order valence-corrected chi connectivity index (χ1v) is 8.87. The predicted molar refractivity (Wildman–Crippen MR) is 94.6 cm³/mol. The standard InChI is InChI=1S/C17H21N3O2.C2H6/c1-12-9-15-5-6-19(7-8-20(15)18-12)13(2)14-3-4-16-17(10-14)22-11-21-16;1-2/h3-4,9-10,13H,5-8,11H2,1-2H3;1-2H3. The third-order valence-corrected chi connectivity index (χ3v) is 4.67. The molecular weight excluding hydrogens is 302 g/mol. The van der Waals surface area contributed by atoms with Crippen molar-refractivity contribution in [3.05, 3.63) is 41.2 Å². The average Bonchev–Trinajstić information content (AvgIpc) is 3.17. The molecular formula is C19H27N3O2. The zero-order chi connectivity index (χ0) is 17.1. The van der Waals surface area contributed by atoms with Gasteiger partial charge in [-0.15, -0.1) is 0 Å². The van der Waals surface area contributed by atoms with Gasteiger partial charge >= 0.3 is 0 Å². The molecule has 0 bridgehead atoms. The van der Waals surface area contributed by atoms with Crippen LogP contribution in [0.2, 0.25) is 0 Å². The molecule has 0 amide bonds. The molecule has 24 heavy (non-hydrogen) atoms. The van der Waals surface area contributed by atoms with E-state index in [2.05, 4.69) is 46.7 Å². The Labute approximate surface area is 144 Å². The van der Waals surface area contributed by atoms with E-state index in [0.29, 0.717) is 12.8 Å². The van der Waals surface area contributed by atoms with Gasteiger partial charge in [0.2, 0.25) is 6.79 Å². The van der Waals surface area contributed by atoms with Gasteiger partial charge in [-0.1, -0.05) is 19.9 Å². The Kier molecular flexibility index (Phi) is 5.09. The van der Waals surface area contributed by atoms with Crippen LogP contribution in [0.25, 0.3) is 0 Å². The summed E-state index contributed by atoms with van der Waals surface area (Å²) in [6.45, 7) is 11.7. The fourth-order valence-corrected chi connectivity index (χ4v) is 3.36. The number of aromatic nitrogens is 2. The Morgan fingerprint density at radius 3 is 2.67 bits per heavy atom. The lowest BCUT2D eigenvalue weighted by atomic mass is 10.1. The van der Waals surface area contributed by atoms with Crippen LogP contribution in [0, 0.1) is 6.92 Å². The van der Waals surface area contributed by atoms with E-state index in [1.807, 2.05) is 19.9 Å². The van der Waals surface area contributed by atoms with Crippen molar-refractivity contribution in [2.24, 2.45) is 0 Å². The van der Waals surface area contributed by atoms with E-state index in [9.17, 15) is 0 Å². The number of nitrogens with zero attached hydrogens (tertiary/aromatic N) is 3. The van der Waals surface area contributed by atoms with Gasteiger partial charge in [0.15, 0.2) is 11.5 Å². The summed E-state index contributed by atoms with van der Waals surface area (Å²) < 4.78 is 13.0. The Hall–Kier alpha value is -2.01. The molecule has 1 unspecified atom stereocenters. The number of rotatable bonds is 2. The molecule has 5 heteroatoms. The van der Waals surface area contributed by atoms with Crippen LogP contribution in [0.4, 0.5) is 0 Å². The Morgan fingerprint density at radius 1 is 1.04 bits per heavy atom. The molecule has 3 heterocycles. The highest BCUT2D eigenvalue weighted by molar-refractivity contribution is 5.45.